The van der Waals surface area contributed by atoms with Gasteiger partial charge in [0.25, 0.3) is 0 Å². The van der Waals surface area contributed by atoms with Crippen molar-refractivity contribution in [3.8, 4) is 0 Å². The predicted octanol–water partition coefficient (Wildman–Crippen LogP) is 1.34. The van der Waals surface area contributed by atoms with Crippen molar-refractivity contribution in [3.05, 3.63) is 35.4 Å². The lowest BCUT2D eigenvalue weighted by atomic mass is 10.1. The molecule has 0 aliphatic carbocycles. The van der Waals surface area contributed by atoms with Gasteiger partial charge in [0, 0.05) is 19.6 Å². The highest BCUT2D eigenvalue weighted by Crippen LogP contribution is 2.17. The average Bonchev–Trinajstić information content (AvgIpc) is 2.89. The van der Waals surface area contributed by atoms with Crippen LogP contribution in [0.2, 0.25) is 0 Å². The van der Waals surface area contributed by atoms with Crippen LogP contribution in [-0.2, 0) is 0 Å². The van der Waals surface area contributed by atoms with Crippen LogP contribution in [0.4, 0.5) is 0 Å². The van der Waals surface area contributed by atoms with Crippen molar-refractivity contribution < 1.29 is 5.11 Å². The molecule has 2 heteroatoms. The molecule has 1 fully saturated rings. The minimum absolute atomic E-state index is 0.317. The average molecular weight is 177 g/mol. The van der Waals surface area contributed by atoms with E-state index in [0.29, 0.717) is 0 Å². The minimum Gasteiger partial charge on any atom is -0.387 e. The number of benzene rings is 1. The number of hydrogen-bond donors (Lipinski definition) is 1. The first-order chi connectivity index (χ1) is 6.25. The summed E-state index contributed by atoms with van der Waals surface area (Å²) in [5.41, 5.74) is 2.26. The molecule has 0 aromatic heterocycles. The van der Waals surface area contributed by atoms with E-state index < -0.39 is 0 Å². The Labute approximate surface area is 78.8 Å². The van der Waals surface area contributed by atoms with Crippen molar-refractivity contribution in [3.63, 3.8) is 0 Å². The number of aliphatic hydroxyl groups excluding tert-OH is 1. The maximum Gasteiger partial charge on any atom is 0.0916 e. The normalized spacial score (nSPS) is 18.6. The van der Waals surface area contributed by atoms with E-state index in [1.807, 2.05) is 24.3 Å². The lowest BCUT2D eigenvalue weighted by molar-refractivity contribution is 0.156. The molecule has 13 heavy (non-hydrogen) atoms. The number of aryl methyl sites for hydroxylation is 1. The van der Waals surface area contributed by atoms with Gasteiger partial charge in [0.05, 0.1) is 6.10 Å². The second kappa shape index (κ2) is 3.48. The summed E-state index contributed by atoms with van der Waals surface area (Å²) in [6, 6.07) is 8.09. The van der Waals surface area contributed by atoms with Gasteiger partial charge in [-0.3, -0.25) is 4.90 Å². The molecule has 1 aromatic carbocycles. The lowest BCUT2D eigenvalue weighted by Crippen LogP contribution is -2.10. The first-order valence-corrected chi connectivity index (χ1v) is 4.73. The van der Waals surface area contributed by atoms with Crippen LogP contribution < -0.4 is 0 Å². The molecule has 1 atom stereocenters. The molecule has 1 saturated heterocycles. The predicted molar refractivity (Wildman–Crippen MR) is 52.6 cm³/mol. The van der Waals surface area contributed by atoms with E-state index in [1.165, 1.54) is 5.56 Å². The number of rotatable bonds is 3. The third-order valence-corrected chi connectivity index (χ3v) is 2.43. The molecular formula is C11H15NO. The van der Waals surface area contributed by atoms with Crippen molar-refractivity contribution in [1.82, 2.24) is 4.90 Å². The second-order valence-corrected chi connectivity index (χ2v) is 3.73. The SMILES string of the molecule is Cc1ccc(C(O)CN2CC2)cc1. The Balaban J connectivity index is 2.01. The molecule has 2 nitrogen and oxygen atoms in total. The molecule has 0 amide bonds. The summed E-state index contributed by atoms with van der Waals surface area (Å²) in [7, 11) is 0. The first-order valence-electron chi connectivity index (χ1n) is 4.73. The fourth-order valence-corrected chi connectivity index (χ4v) is 1.39. The number of aliphatic hydroxyl groups is 1. The van der Waals surface area contributed by atoms with Gasteiger partial charge in [-0.15, -0.1) is 0 Å². The summed E-state index contributed by atoms with van der Waals surface area (Å²) in [4.78, 5) is 2.23. The maximum absolute atomic E-state index is 9.78. The summed E-state index contributed by atoms with van der Waals surface area (Å²) in [6.45, 7) is 5.12. The Hall–Kier alpha value is -0.860. The Morgan fingerprint density at radius 3 is 2.46 bits per heavy atom. The Morgan fingerprint density at radius 2 is 1.92 bits per heavy atom. The molecule has 1 N–H and O–H groups in total. The molecule has 1 aromatic rings. The van der Waals surface area contributed by atoms with Crippen LogP contribution in [-0.4, -0.2) is 29.6 Å². The van der Waals surface area contributed by atoms with Gasteiger partial charge in [-0.1, -0.05) is 29.8 Å². The van der Waals surface area contributed by atoms with Gasteiger partial charge in [0.15, 0.2) is 0 Å². The Kier molecular flexibility index (Phi) is 2.34. The Bertz CT molecular complexity index is 277. The van der Waals surface area contributed by atoms with E-state index >= 15 is 0 Å². The fourth-order valence-electron chi connectivity index (χ4n) is 1.39. The van der Waals surface area contributed by atoms with Crippen LogP contribution in [0.5, 0.6) is 0 Å². The molecule has 1 heterocycles. The highest BCUT2D eigenvalue weighted by Gasteiger charge is 2.21. The molecule has 1 aliphatic heterocycles. The van der Waals surface area contributed by atoms with Gasteiger partial charge in [-0.05, 0) is 12.5 Å². The van der Waals surface area contributed by atoms with Crippen LogP contribution in [0.25, 0.3) is 0 Å². The topological polar surface area (TPSA) is 23.2 Å². The van der Waals surface area contributed by atoms with Gasteiger partial charge < -0.3 is 5.11 Å². The zero-order chi connectivity index (χ0) is 9.26. The van der Waals surface area contributed by atoms with Gasteiger partial charge in [0.2, 0.25) is 0 Å². The molecule has 1 unspecified atom stereocenters. The van der Waals surface area contributed by atoms with Crippen molar-refractivity contribution in [2.24, 2.45) is 0 Å². The molecule has 0 radical (unpaired) electrons. The largest absolute Gasteiger partial charge is 0.387 e. The summed E-state index contributed by atoms with van der Waals surface area (Å²) in [5, 5.41) is 9.78. The molecule has 2 rings (SSSR count). The van der Waals surface area contributed by atoms with Crippen LogP contribution in [0.3, 0.4) is 0 Å². The van der Waals surface area contributed by atoms with Crippen LogP contribution in [0.15, 0.2) is 24.3 Å². The van der Waals surface area contributed by atoms with E-state index in [2.05, 4.69) is 11.8 Å². The highest BCUT2D eigenvalue weighted by molar-refractivity contribution is 5.23. The highest BCUT2D eigenvalue weighted by atomic mass is 16.3. The van der Waals surface area contributed by atoms with Crippen molar-refractivity contribution in [2.75, 3.05) is 19.6 Å². The molecular weight excluding hydrogens is 162 g/mol. The van der Waals surface area contributed by atoms with E-state index in [0.717, 1.165) is 25.2 Å². The van der Waals surface area contributed by atoms with E-state index in [-0.39, 0.29) is 6.10 Å². The lowest BCUT2D eigenvalue weighted by Gasteiger charge is -2.11. The Morgan fingerprint density at radius 1 is 1.31 bits per heavy atom. The molecule has 1 aliphatic rings. The van der Waals surface area contributed by atoms with E-state index in [4.69, 9.17) is 0 Å². The molecule has 0 saturated carbocycles. The van der Waals surface area contributed by atoms with Crippen LogP contribution in [0, 0.1) is 6.92 Å². The number of nitrogens with zero attached hydrogens (tertiary/aromatic N) is 1. The summed E-state index contributed by atoms with van der Waals surface area (Å²) >= 11 is 0. The number of hydrogen-bond acceptors (Lipinski definition) is 2. The van der Waals surface area contributed by atoms with E-state index in [1.54, 1.807) is 0 Å². The second-order valence-electron chi connectivity index (χ2n) is 3.73. The zero-order valence-corrected chi connectivity index (χ0v) is 7.90. The molecule has 70 valence electrons. The molecule has 0 bridgehead atoms. The summed E-state index contributed by atoms with van der Waals surface area (Å²) < 4.78 is 0. The van der Waals surface area contributed by atoms with Crippen LogP contribution >= 0.6 is 0 Å². The standard InChI is InChI=1S/C11H15NO/c1-9-2-4-10(5-3-9)11(13)8-12-6-7-12/h2-5,11,13H,6-8H2,1H3. The van der Waals surface area contributed by atoms with Gasteiger partial charge in [-0.25, -0.2) is 0 Å². The third kappa shape index (κ3) is 2.29. The van der Waals surface area contributed by atoms with Crippen molar-refractivity contribution in [2.45, 2.75) is 13.0 Å². The first kappa shape index (κ1) is 8.73. The summed E-state index contributed by atoms with van der Waals surface area (Å²) in [6.07, 6.45) is -0.317. The number of β-amino-alcohol motifs (C(OH)–C–C–N with tert-alkyl or cyclic N) is 1. The van der Waals surface area contributed by atoms with Gasteiger partial charge in [-0.2, -0.15) is 0 Å². The van der Waals surface area contributed by atoms with E-state index in [9.17, 15) is 5.11 Å². The monoisotopic (exact) mass is 177 g/mol. The fraction of sp³-hybridized carbons (Fsp3) is 0.455. The quantitative estimate of drug-likeness (QED) is 0.704. The summed E-state index contributed by atoms with van der Waals surface area (Å²) in [5.74, 6) is 0. The van der Waals surface area contributed by atoms with Crippen molar-refractivity contribution in [1.29, 1.82) is 0 Å². The van der Waals surface area contributed by atoms with Crippen LogP contribution in [0.1, 0.15) is 17.2 Å². The smallest absolute Gasteiger partial charge is 0.0916 e. The van der Waals surface area contributed by atoms with Gasteiger partial charge in [0.1, 0.15) is 0 Å². The minimum atomic E-state index is -0.317. The van der Waals surface area contributed by atoms with Gasteiger partial charge >= 0.3 is 0 Å². The maximum atomic E-state index is 9.78. The molecule has 0 spiro atoms. The van der Waals surface area contributed by atoms with Crippen molar-refractivity contribution >= 4 is 0 Å². The third-order valence-electron chi connectivity index (χ3n) is 2.43. The zero-order valence-electron chi connectivity index (χ0n) is 7.90.